The van der Waals surface area contributed by atoms with Crippen molar-refractivity contribution < 1.29 is 32.3 Å². The second-order valence-electron chi connectivity index (χ2n) is 8.55. The zero-order valence-corrected chi connectivity index (χ0v) is 19.1. The number of esters is 1. The number of imide groups is 1. The van der Waals surface area contributed by atoms with Crippen LogP contribution in [0.15, 0.2) is 24.3 Å². The number of rotatable bonds is 7. The number of hydrogen-bond donors (Lipinski definition) is 1. The molecule has 3 rings (SSSR count). The van der Waals surface area contributed by atoms with Gasteiger partial charge in [-0.25, -0.2) is 14.5 Å². The van der Waals surface area contributed by atoms with Crippen LogP contribution in [0.3, 0.4) is 0 Å². The van der Waals surface area contributed by atoms with Crippen molar-refractivity contribution in [1.29, 1.82) is 0 Å². The number of hydrogen-bond acceptors (Lipinski definition) is 4. The van der Waals surface area contributed by atoms with Crippen LogP contribution >= 0.6 is 11.6 Å². The summed E-state index contributed by atoms with van der Waals surface area (Å²) in [5.41, 5.74) is 0.843. The Kier molecular flexibility index (Phi) is 8.26. The van der Waals surface area contributed by atoms with E-state index >= 15 is 0 Å². The van der Waals surface area contributed by atoms with E-state index in [0.717, 1.165) is 12.0 Å². The molecule has 0 spiro atoms. The number of β-lactam (4-membered cyclic amide) rings is 1. The molecular formula is C23H28ClF3N2O4. The number of alkyl halides is 3. The van der Waals surface area contributed by atoms with Gasteiger partial charge < -0.3 is 10.1 Å². The van der Waals surface area contributed by atoms with Crippen LogP contribution < -0.4 is 5.32 Å². The highest BCUT2D eigenvalue weighted by molar-refractivity contribution is 6.30. The van der Waals surface area contributed by atoms with E-state index < -0.39 is 48.0 Å². The predicted octanol–water partition coefficient (Wildman–Crippen LogP) is 4.88. The maximum Gasteiger partial charge on any atom is 0.408 e. The Bertz CT molecular complexity index is 874. The molecule has 1 heterocycles. The number of halogens is 4. The molecule has 1 aromatic carbocycles. The monoisotopic (exact) mass is 488 g/mol. The zero-order chi connectivity index (χ0) is 24.2. The van der Waals surface area contributed by atoms with Gasteiger partial charge in [0, 0.05) is 5.02 Å². The Morgan fingerprint density at radius 2 is 1.94 bits per heavy atom. The van der Waals surface area contributed by atoms with E-state index in [-0.39, 0.29) is 13.0 Å². The van der Waals surface area contributed by atoms with Crippen molar-refractivity contribution in [1.82, 2.24) is 10.2 Å². The van der Waals surface area contributed by atoms with Crippen molar-refractivity contribution in [2.45, 2.75) is 70.1 Å². The van der Waals surface area contributed by atoms with Crippen LogP contribution in [0, 0.1) is 11.8 Å². The first-order valence-corrected chi connectivity index (χ1v) is 11.6. The normalized spacial score (nSPS) is 22.5. The average molecular weight is 489 g/mol. The first-order valence-electron chi connectivity index (χ1n) is 11.2. The van der Waals surface area contributed by atoms with Crippen LogP contribution in [-0.2, 0) is 20.7 Å². The highest BCUT2D eigenvalue weighted by atomic mass is 35.5. The Morgan fingerprint density at radius 1 is 1.24 bits per heavy atom. The maximum atomic E-state index is 13.7. The Balaban J connectivity index is 1.73. The van der Waals surface area contributed by atoms with Crippen molar-refractivity contribution in [3.05, 3.63) is 34.9 Å². The fourth-order valence-corrected chi connectivity index (χ4v) is 4.92. The second-order valence-corrected chi connectivity index (χ2v) is 8.98. The molecule has 10 heteroatoms. The number of carbonyl (C=O) groups excluding carboxylic acids is 3. The number of likely N-dealkylation sites (tertiary alicyclic amines) is 1. The summed E-state index contributed by atoms with van der Waals surface area (Å²) < 4.78 is 46.2. The van der Waals surface area contributed by atoms with Gasteiger partial charge in [-0.3, -0.25) is 4.79 Å². The quantitative estimate of drug-likeness (QED) is 0.438. The molecule has 0 radical (unpaired) electrons. The highest BCUT2D eigenvalue weighted by Crippen LogP contribution is 2.36. The van der Waals surface area contributed by atoms with Crippen molar-refractivity contribution in [2.75, 3.05) is 6.61 Å². The lowest BCUT2D eigenvalue weighted by Gasteiger charge is -2.44. The molecule has 0 aromatic heterocycles. The Morgan fingerprint density at radius 3 is 2.55 bits per heavy atom. The summed E-state index contributed by atoms with van der Waals surface area (Å²) in [5, 5.41) is 2.53. The van der Waals surface area contributed by atoms with Crippen LogP contribution in [-0.4, -0.2) is 47.7 Å². The molecule has 2 aliphatic rings. The summed E-state index contributed by atoms with van der Waals surface area (Å²) in [7, 11) is 0. The molecule has 1 saturated heterocycles. The minimum absolute atomic E-state index is 0.0211. The van der Waals surface area contributed by atoms with E-state index in [4.69, 9.17) is 16.3 Å². The number of amides is 3. The molecular weight excluding hydrogens is 461 g/mol. The van der Waals surface area contributed by atoms with Crippen molar-refractivity contribution in [3.63, 3.8) is 0 Å². The van der Waals surface area contributed by atoms with E-state index in [1.54, 1.807) is 25.1 Å². The highest BCUT2D eigenvalue weighted by Gasteiger charge is 2.56. The third-order valence-corrected chi connectivity index (χ3v) is 6.58. The van der Waals surface area contributed by atoms with Crippen molar-refractivity contribution in [2.24, 2.45) is 11.8 Å². The van der Waals surface area contributed by atoms with E-state index in [1.165, 1.54) is 0 Å². The summed E-state index contributed by atoms with van der Waals surface area (Å²) >= 11 is 5.98. The maximum absolute atomic E-state index is 13.7. The van der Waals surface area contributed by atoms with E-state index in [1.807, 2.05) is 11.4 Å². The van der Waals surface area contributed by atoms with Gasteiger partial charge in [0.1, 0.15) is 6.04 Å². The van der Waals surface area contributed by atoms with Gasteiger partial charge in [-0.05, 0) is 56.2 Å². The lowest BCUT2D eigenvalue weighted by molar-refractivity contribution is -0.174. The van der Waals surface area contributed by atoms with E-state index in [9.17, 15) is 27.6 Å². The summed E-state index contributed by atoms with van der Waals surface area (Å²) in [4.78, 5) is 38.6. The molecule has 182 valence electrons. The number of benzene rings is 1. The lowest BCUT2D eigenvalue weighted by Crippen LogP contribution is -2.70. The van der Waals surface area contributed by atoms with Gasteiger partial charge in [0.25, 0.3) is 0 Å². The SMILES string of the molecule is CCOC(=O)[C@@H]1[C@@H](CCc2cccc(Cl)c2)C(=O)N1C(=O)N[C@@H](C1CCCCC1)C(F)(F)F. The number of ether oxygens (including phenoxy) is 1. The lowest BCUT2D eigenvalue weighted by atomic mass is 9.82. The molecule has 1 saturated carbocycles. The van der Waals surface area contributed by atoms with Gasteiger partial charge in [0.05, 0.1) is 12.5 Å². The summed E-state index contributed by atoms with van der Waals surface area (Å²) in [6.07, 6.45) is -1.13. The smallest absolute Gasteiger partial charge is 0.408 e. The number of nitrogens with one attached hydrogen (secondary N) is 1. The molecule has 0 unspecified atom stereocenters. The molecule has 6 nitrogen and oxygen atoms in total. The molecule has 1 aliphatic heterocycles. The fourth-order valence-electron chi connectivity index (χ4n) is 4.71. The Hall–Kier alpha value is -2.29. The van der Waals surface area contributed by atoms with Crippen molar-refractivity contribution >= 4 is 29.5 Å². The molecule has 3 amide bonds. The van der Waals surface area contributed by atoms with Gasteiger partial charge in [0.2, 0.25) is 5.91 Å². The molecule has 1 aliphatic carbocycles. The molecule has 1 N–H and O–H groups in total. The van der Waals surface area contributed by atoms with Gasteiger partial charge >= 0.3 is 18.2 Å². The molecule has 2 fully saturated rings. The number of carbonyl (C=O) groups is 3. The minimum Gasteiger partial charge on any atom is -0.464 e. The summed E-state index contributed by atoms with van der Waals surface area (Å²) in [6.45, 7) is 1.60. The standard InChI is InChI=1S/C23H28ClF3N2O4/c1-2-33-21(31)18-17(12-11-14-7-6-10-16(24)13-14)20(30)29(18)22(32)28-19(23(25,26)27)15-8-4-3-5-9-15/h6-7,10,13,15,17-19H,2-5,8-9,11-12H2,1H3,(H,28,32)/t17-,18+,19+/m1/s1. The first-order chi connectivity index (χ1) is 15.6. The van der Waals surface area contributed by atoms with Crippen LogP contribution in [0.2, 0.25) is 5.02 Å². The number of nitrogens with zero attached hydrogens (tertiary/aromatic N) is 1. The third-order valence-electron chi connectivity index (χ3n) is 6.35. The first kappa shape index (κ1) is 25.3. The van der Waals surface area contributed by atoms with Gasteiger partial charge in [-0.15, -0.1) is 0 Å². The third kappa shape index (κ3) is 5.99. The largest absolute Gasteiger partial charge is 0.464 e. The van der Waals surface area contributed by atoms with Crippen LogP contribution in [0.25, 0.3) is 0 Å². The summed E-state index contributed by atoms with van der Waals surface area (Å²) in [5.74, 6) is -3.09. The van der Waals surface area contributed by atoms with Crippen molar-refractivity contribution in [3.8, 4) is 0 Å². The molecule has 33 heavy (non-hydrogen) atoms. The minimum atomic E-state index is -4.66. The number of urea groups is 1. The van der Waals surface area contributed by atoms with Gasteiger partial charge in [-0.1, -0.05) is 43.0 Å². The van der Waals surface area contributed by atoms with Crippen LogP contribution in [0.1, 0.15) is 51.0 Å². The van der Waals surface area contributed by atoms with Gasteiger partial charge in [-0.2, -0.15) is 13.2 Å². The van der Waals surface area contributed by atoms with E-state index in [2.05, 4.69) is 0 Å². The predicted molar refractivity (Wildman–Crippen MR) is 115 cm³/mol. The Labute approximate surface area is 195 Å². The summed E-state index contributed by atoms with van der Waals surface area (Å²) in [6, 6.07) is 2.49. The van der Waals surface area contributed by atoms with Gasteiger partial charge in [0.15, 0.2) is 6.04 Å². The fraction of sp³-hybridized carbons (Fsp3) is 0.609. The second kappa shape index (κ2) is 10.8. The average Bonchev–Trinajstić information content (AvgIpc) is 2.75. The molecule has 0 bridgehead atoms. The number of aryl methyl sites for hydroxylation is 1. The zero-order valence-electron chi connectivity index (χ0n) is 18.4. The van der Waals surface area contributed by atoms with E-state index in [0.29, 0.717) is 42.0 Å². The van der Waals surface area contributed by atoms with Crippen LogP contribution in [0.5, 0.6) is 0 Å². The molecule has 3 atom stereocenters. The topological polar surface area (TPSA) is 75.7 Å². The molecule has 1 aromatic rings. The van der Waals surface area contributed by atoms with Crippen LogP contribution in [0.4, 0.5) is 18.0 Å².